The Morgan fingerprint density at radius 3 is 1.98 bits per heavy atom. The van der Waals surface area contributed by atoms with Crippen LogP contribution < -0.4 is 0 Å². The zero-order chi connectivity index (χ0) is 30.8. The molecular formula is C43H30N2O. The minimum Gasteiger partial charge on any atom is -0.455 e. The molecule has 2 heterocycles. The maximum atomic E-state index is 6.34. The highest BCUT2D eigenvalue weighted by Crippen LogP contribution is 2.51. The molecule has 0 radical (unpaired) electrons. The van der Waals surface area contributed by atoms with Crippen molar-refractivity contribution in [2.45, 2.75) is 19.3 Å². The molecule has 0 atom stereocenters. The van der Waals surface area contributed by atoms with E-state index in [1.807, 2.05) is 12.1 Å². The SMILES string of the molecule is CC1(C)c2ccccc2-c2nc(-c3ccc(-c4cccc5c4oc4ccccc45)cc3)nc(-c3cccc(-c4ccccc4)c3)c21. The molecule has 2 aromatic heterocycles. The Bertz CT molecular complexity index is 2440. The van der Waals surface area contributed by atoms with Gasteiger partial charge in [0.15, 0.2) is 5.82 Å². The first-order valence-electron chi connectivity index (χ1n) is 15.8. The second-order valence-corrected chi connectivity index (χ2v) is 12.6. The Balaban J connectivity index is 1.20. The number of hydrogen-bond acceptors (Lipinski definition) is 3. The van der Waals surface area contributed by atoms with Crippen molar-refractivity contribution in [2.75, 3.05) is 0 Å². The fourth-order valence-electron chi connectivity index (χ4n) is 7.20. The molecule has 0 saturated heterocycles. The average Bonchev–Trinajstić information content (AvgIpc) is 3.61. The van der Waals surface area contributed by atoms with Crippen molar-refractivity contribution in [3.63, 3.8) is 0 Å². The topological polar surface area (TPSA) is 38.9 Å². The highest BCUT2D eigenvalue weighted by molar-refractivity contribution is 6.09. The second-order valence-electron chi connectivity index (χ2n) is 12.6. The average molecular weight is 591 g/mol. The molecule has 46 heavy (non-hydrogen) atoms. The molecule has 9 rings (SSSR count). The van der Waals surface area contributed by atoms with Gasteiger partial charge in [-0.15, -0.1) is 0 Å². The highest BCUT2D eigenvalue weighted by Gasteiger charge is 2.40. The highest BCUT2D eigenvalue weighted by atomic mass is 16.3. The molecule has 3 heteroatoms. The zero-order valence-electron chi connectivity index (χ0n) is 25.7. The van der Waals surface area contributed by atoms with Crippen LogP contribution in [0.5, 0.6) is 0 Å². The number of fused-ring (bicyclic) bond motifs is 6. The van der Waals surface area contributed by atoms with E-state index < -0.39 is 0 Å². The molecule has 8 aromatic rings. The molecule has 3 nitrogen and oxygen atoms in total. The third-order valence-corrected chi connectivity index (χ3v) is 9.49. The normalized spacial score (nSPS) is 13.2. The van der Waals surface area contributed by atoms with Crippen LogP contribution >= 0.6 is 0 Å². The molecular weight excluding hydrogens is 560 g/mol. The number of rotatable bonds is 4. The summed E-state index contributed by atoms with van der Waals surface area (Å²) in [6, 6.07) is 51.1. The summed E-state index contributed by atoms with van der Waals surface area (Å²) in [6.45, 7) is 4.58. The molecule has 1 aliphatic carbocycles. The van der Waals surface area contributed by atoms with Crippen molar-refractivity contribution < 1.29 is 4.42 Å². The fraction of sp³-hybridized carbons (Fsp3) is 0.0698. The van der Waals surface area contributed by atoms with Gasteiger partial charge in [-0.25, -0.2) is 9.97 Å². The molecule has 0 amide bonds. The van der Waals surface area contributed by atoms with Gasteiger partial charge in [-0.2, -0.15) is 0 Å². The van der Waals surface area contributed by atoms with E-state index in [2.05, 4.69) is 147 Å². The second kappa shape index (κ2) is 10.1. The Kier molecular flexibility index (Phi) is 5.85. The van der Waals surface area contributed by atoms with Gasteiger partial charge < -0.3 is 4.42 Å². The summed E-state index contributed by atoms with van der Waals surface area (Å²) in [5.74, 6) is 0.722. The molecule has 0 N–H and O–H groups in total. The van der Waals surface area contributed by atoms with Crippen LogP contribution in [0.4, 0.5) is 0 Å². The lowest BCUT2D eigenvalue weighted by Gasteiger charge is -2.24. The molecule has 0 fully saturated rings. The lowest BCUT2D eigenvalue weighted by atomic mass is 9.80. The number of benzene rings is 6. The van der Waals surface area contributed by atoms with Crippen molar-refractivity contribution in [3.05, 3.63) is 157 Å². The molecule has 218 valence electrons. The van der Waals surface area contributed by atoms with Gasteiger partial charge in [0.2, 0.25) is 0 Å². The monoisotopic (exact) mass is 590 g/mol. The third kappa shape index (κ3) is 4.05. The quantitative estimate of drug-likeness (QED) is 0.205. The van der Waals surface area contributed by atoms with Crippen LogP contribution in [0.3, 0.4) is 0 Å². The van der Waals surface area contributed by atoms with Crippen molar-refractivity contribution in [1.29, 1.82) is 0 Å². The first-order valence-corrected chi connectivity index (χ1v) is 15.8. The first kappa shape index (κ1) is 26.6. The van der Waals surface area contributed by atoms with E-state index in [1.165, 1.54) is 27.8 Å². The van der Waals surface area contributed by atoms with E-state index in [4.69, 9.17) is 14.4 Å². The van der Waals surface area contributed by atoms with Crippen molar-refractivity contribution in [3.8, 4) is 56.2 Å². The predicted octanol–water partition coefficient (Wildman–Crippen LogP) is 11.4. The summed E-state index contributed by atoms with van der Waals surface area (Å²) in [4.78, 5) is 10.6. The van der Waals surface area contributed by atoms with Crippen LogP contribution in [0.25, 0.3) is 78.1 Å². The van der Waals surface area contributed by atoms with Crippen molar-refractivity contribution in [1.82, 2.24) is 9.97 Å². The minimum absolute atomic E-state index is 0.238. The van der Waals surface area contributed by atoms with Crippen LogP contribution in [-0.2, 0) is 5.41 Å². The van der Waals surface area contributed by atoms with Gasteiger partial charge in [-0.3, -0.25) is 0 Å². The van der Waals surface area contributed by atoms with Crippen LogP contribution in [-0.4, -0.2) is 9.97 Å². The minimum atomic E-state index is -0.238. The van der Waals surface area contributed by atoms with Gasteiger partial charge >= 0.3 is 0 Å². The summed E-state index contributed by atoms with van der Waals surface area (Å²) < 4.78 is 6.34. The molecule has 0 saturated carbocycles. The largest absolute Gasteiger partial charge is 0.455 e. The number of hydrogen-bond donors (Lipinski definition) is 0. The Labute approximate surface area is 267 Å². The van der Waals surface area contributed by atoms with Gasteiger partial charge in [0.25, 0.3) is 0 Å². The van der Waals surface area contributed by atoms with E-state index in [0.717, 1.165) is 61.4 Å². The summed E-state index contributed by atoms with van der Waals surface area (Å²) in [6.07, 6.45) is 0. The lowest BCUT2D eigenvalue weighted by molar-refractivity contribution is 0.658. The van der Waals surface area contributed by atoms with Gasteiger partial charge in [0.05, 0.1) is 11.4 Å². The number of aromatic nitrogens is 2. The maximum Gasteiger partial charge on any atom is 0.160 e. The van der Waals surface area contributed by atoms with Crippen LogP contribution in [0.15, 0.2) is 150 Å². The standard InChI is InChI=1S/C43H30N2O/c1-43(2)36-20-8-6-17-35(36)40-38(43)39(31-15-10-14-30(26-31)27-12-4-3-5-13-27)44-42(45-40)29-24-22-28(23-25-29)32-18-11-19-34-33-16-7-9-21-37(33)46-41(32)34/h3-26H,1-2H3. The van der Waals surface area contributed by atoms with Crippen LogP contribution in [0.2, 0.25) is 0 Å². The van der Waals surface area contributed by atoms with Crippen LogP contribution in [0.1, 0.15) is 25.0 Å². The maximum absolute atomic E-state index is 6.34. The van der Waals surface area contributed by atoms with Gasteiger partial charge in [-0.1, -0.05) is 147 Å². The van der Waals surface area contributed by atoms with E-state index in [0.29, 0.717) is 0 Å². The zero-order valence-corrected chi connectivity index (χ0v) is 25.7. The molecule has 1 aliphatic rings. The molecule has 6 aromatic carbocycles. The molecule has 0 aliphatic heterocycles. The lowest BCUT2D eigenvalue weighted by Crippen LogP contribution is -2.17. The molecule has 0 unspecified atom stereocenters. The summed E-state index contributed by atoms with van der Waals surface area (Å²) in [7, 11) is 0. The van der Waals surface area contributed by atoms with Crippen molar-refractivity contribution in [2.24, 2.45) is 0 Å². The third-order valence-electron chi connectivity index (χ3n) is 9.49. The summed E-state index contributed by atoms with van der Waals surface area (Å²) in [5, 5.41) is 2.26. The van der Waals surface area contributed by atoms with E-state index >= 15 is 0 Å². The fourth-order valence-corrected chi connectivity index (χ4v) is 7.20. The Morgan fingerprint density at radius 2 is 1.11 bits per heavy atom. The molecule has 0 spiro atoms. The van der Waals surface area contributed by atoms with E-state index in [1.54, 1.807) is 0 Å². The van der Waals surface area contributed by atoms with E-state index in [9.17, 15) is 0 Å². The van der Waals surface area contributed by atoms with Gasteiger partial charge in [-0.05, 0) is 34.4 Å². The summed E-state index contributed by atoms with van der Waals surface area (Å²) >= 11 is 0. The number of furan rings is 1. The predicted molar refractivity (Wildman–Crippen MR) is 189 cm³/mol. The first-order chi connectivity index (χ1) is 22.6. The van der Waals surface area contributed by atoms with E-state index in [-0.39, 0.29) is 5.41 Å². The van der Waals surface area contributed by atoms with Gasteiger partial charge in [0.1, 0.15) is 11.2 Å². The number of para-hydroxylation sites is 2. The smallest absolute Gasteiger partial charge is 0.160 e. The van der Waals surface area contributed by atoms with Gasteiger partial charge in [0, 0.05) is 44.0 Å². The molecule has 0 bridgehead atoms. The van der Waals surface area contributed by atoms with Crippen LogP contribution in [0, 0.1) is 0 Å². The Hall–Kier alpha value is -5.80. The van der Waals surface area contributed by atoms with Crippen molar-refractivity contribution >= 4 is 21.9 Å². The Morgan fingerprint density at radius 1 is 0.478 bits per heavy atom. The number of nitrogens with zero attached hydrogens (tertiary/aromatic N) is 2. The summed E-state index contributed by atoms with van der Waals surface area (Å²) in [5.41, 5.74) is 13.8.